The fraction of sp³-hybridized carbons (Fsp3) is 0.316. The highest BCUT2D eigenvalue weighted by atomic mass is 19.4. The number of ether oxygens (including phenoxy) is 2. The van der Waals surface area contributed by atoms with E-state index >= 15 is 0 Å². The molecule has 0 saturated heterocycles. The summed E-state index contributed by atoms with van der Waals surface area (Å²) in [5, 5.41) is 0. The molecular weight excluding hydrogens is 347 g/mol. The molecule has 0 fully saturated rings. The molecule has 7 heteroatoms. The zero-order valence-corrected chi connectivity index (χ0v) is 14.1. The van der Waals surface area contributed by atoms with Gasteiger partial charge >= 0.3 is 12.3 Å². The topological polar surface area (TPSA) is 61.5 Å². The van der Waals surface area contributed by atoms with Gasteiger partial charge in [0.2, 0.25) is 0 Å². The molecule has 0 saturated carbocycles. The highest BCUT2D eigenvalue weighted by Gasteiger charge is 2.47. The first kappa shape index (κ1) is 18.1. The summed E-state index contributed by atoms with van der Waals surface area (Å²) in [6.07, 6.45) is -4.05. The normalized spacial score (nSPS) is 15.4. The van der Waals surface area contributed by atoms with Crippen LogP contribution in [0.5, 0.6) is 5.75 Å². The van der Waals surface area contributed by atoms with Gasteiger partial charge in [0, 0.05) is 11.8 Å². The van der Waals surface area contributed by atoms with Gasteiger partial charge < -0.3 is 15.2 Å². The van der Waals surface area contributed by atoms with Crippen molar-refractivity contribution in [3.8, 4) is 5.75 Å². The van der Waals surface area contributed by atoms with Crippen molar-refractivity contribution in [2.45, 2.75) is 31.5 Å². The van der Waals surface area contributed by atoms with Crippen LogP contribution in [0.25, 0.3) is 0 Å². The van der Waals surface area contributed by atoms with Crippen molar-refractivity contribution in [1.29, 1.82) is 0 Å². The van der Waals surface area contributed by atoms with Crippen LogP contribution in [0.2, 0.25) is 0 Å². The second-order valence-electron chi connectivity index (χ2n) is 6.22. The summed E-state index contributed by atoms with van der Waals surface area (Å²) in [6.45, 7) is 1.91. The van der Waals surface area contributed by atoms with Gasteiger partial charge in [-0.05, 0) is 42.5 Å². The summed E-state index contributed by atoms with van der Waals surface area (Å²) in [5.41, 5.74) is 7.46. The van der Waals surface area contributed by atoms with E-state index < -0.39 is 23.5 Å². The third-order valence-corrected chi connectivity index (χ3v) is 4.54. The van der Waals surface area contributed by atoms with Crippen molar-refractivity contribution >= 4 is 11.7 Å². The fourth-order valence-corrected chi connectivity index (χ4v) is 3.50. The molecule has 2 aromatic rings. The van der Waals surface area contributed by atoms with Crippen LogP contribution in [0, 0.1) is 0 Å². The van der Waals surface area contributed by atoms with E-state index in [-0.39, 0.29) is 12.3 Å². The predicted molar refractivity (Wildman–Crippen MR) is 89.7 cm³/mol. The molecule has 0 aliphatic heterocycles. The van der Waals surface area contributed by atoms with Crippen molar-refractivity contribution < 1.29 is 27.4 Å². The largest absolute Gasteiger partial charge is 0.573 e. The molecule has 0 atom stereocenters. The molecule has 0 amide bonds. The lowest BCUT2D eigenvalue weighted by Gasteiger charge is -2.28. The lowest BCUT2D eigenvalue weighted by molar-refractivity contribution is -0.274. The molecule has 1 aliphatic rings. The van der Waals surface area contributed by atoms with E-state index in [0.29, 0.717) is 18.4 Å². The van der Waals surface area contributed by atoms with Crippen LogP contribution in [0.4, 0.5) is 18.9 Å². The van der Waals surface area contributed by atoms with Crippen molar-refractivity contribution in [2.75, 3.05) is 12.3 Å². The third-order valence-electron chi connectivity index (χ3n) is 4.54. The minimum atomic E-state index is -4.81. The summed E-state index contributed by atoms with van der Waals surface area (Å²) in [7, 11) is 0. The van der Waals surface area contributed by atoms with Gasteiger partial charge in [-0.3, -0.25) is 4.79 Å². The number of fused-ring (bicyclic) bond motifs is 1. The van der Waals surface area contributed by atoms with Gasteiger partial charge in [0.05, 0.1) is 6.61 Å². The zero-order chi connectivity index (χ0) is 18.9. The SMILES string of the molecule is CCOC(=O)C1(c2ccc(OC(F)(F)F)cc2N)Cc2ccccc2C1. The van der Waals surface area contributed by atoms with Crippen LogP contribution in [-0.4, -0.2) is 18.9 Å². The van der Waals surface area contributed by atoms with Gasteiger partial charge in [-0.2, -0.15) is 0 Å². The molecular formula is C19H18F3NO3. The number of alkyl halides is 3. The molecule has 0 aromatic heterocycles. The number of carbonyl (C=O) groups excluding carboxylic acids is 1. The molecule has 3 rings (SSSR count). The van der Waals surface area contributed by atoms with E-state index in [9.17, 15) is 18.0 Å². The molecule has 138 valence electrons. The quantitative estimate of drug-likeness (QED) is 0.662. The fourth-order valence-electron chi connectivity index (χ4n) is 3.50. The number of carbonyl (C=O) groups is 1. The maximum Gasteiger partial charge on any atom is 0.573 e. The summed E-state index contributed by atoms with van der Waals surface area (Å²) >= 11 is 0. The van der Waals surface area contributed by atoms with E-state index in [1.54, 1.807) is 6.92 Å². The van der Waals surface area contributed by atoms with E-state index in [2.05, 4.69) is 4.74 Å². The van der Waals surface area contributed by atoms with E-state index in [1.165, 1.54) is 12.1 Å². The Labute approximate surface area is 148 Å². The molecule has 26 heavy (non-hydrogen) atoms. The lowest BCUT2D eigenvalue weighted by atomic mass is 9.77. The molecule has 0 unspecified atom stereocenters. The van der Waals surface area contributed by atoms with Crippen LogP contribution in [0.3, 0.4) is 0 Å². The molecule has 0 heterocycles. The summed E-state index contributed by atoms with van der Waals surface area (Å²) < 4.78 is 46.4. The molecule has 1 aliphatic carbocycles. The molecule has 2 aromatic carbocycles. The van der Waals surface area contributed by atoms with Gasteiger partial charge in [-0.15, -0.1) is 13.2 Å². The van der Waals surface area contributed by atoms with Gasteiger partial charge in [-0.25, -0.2) is 0 Å². The predicted octanol–water partition coefficient (Wildman–Crippen LogP) is 3.77. The second kappa shape index (κ2) is 6.55. The molecule has 4 nitrogen and oxygen atoms in total. The monoisotopic (exact) mass is 365 g/mol. The van der Waals surface area contributed by atoms with Gasteiger partial charge in [0.15, 0.2) is 0 Å². The highest BCUT2D eigenvalue weighted by Crippen LogP contribution is 2.44. The first-order chi connectivity index (χ1) is 12.2. The molecule has 2 N–H and O–H groups in total. The van der Waals surface area contributed by atoms with Crippen molar-refractivity contribution in [3.63, 3.8) is 0 Å². The summed E-state index contributed by atoms with van der Waals surface area (Å²) in [5.74, 6) is -0.861. The highest BCUT2D eigenvalue weighted by molar-refractivity contribution is 5.87. The number of hydrogen-bond donors (Lipinski definition) is 1. The first-order valence-corrected chi connectivity index (χ1v) is 8.15. The Hall–Kier alpha value is -2.70. The third kappa shape index (κ3) is 3.34. The van der Waals surface area contributed by atoms with Crippen LogP contribution < -0.4 is 10.5 Å². The summed E-state index contributed by atoms with van der Waals surface area (Å²) in [6, 6.07) is 11.3. The standard InChI is InChI=1S/C19H18F3NO3/c1-2-25-17(24)18(10-12-5-3-4-6-13(12)11-18)15-8-7-14(9-16(15)23)26-19(20,21)22/h3-9H,2,10-11,23H2,1H3. The molecule has 0 radical (unpaired) electrons. The first-order valence-electron chi connectivity index (χ1n) is 8.15. The van der Waals surface area contributed by atoms with Gasteiger partial charge in [0.25, 0.3) is 0 Å². The Morgan fingerprint density at radius 3 is 2.27 bits per heavy atom. The van der Waals surface area contributed by atoms with Crippen LogP contribution in [-0.2, 0) is 27.8 Å². The van der Waals surface area contributed by atoms with Gasteiger partial charge in [-0.1, -0.05) is 30.3 Å². The number of benzene rings is 2. The Kier molecular flexibility index (Phi) is 4.56. The Morgan fingerprint density at radius 1 is 1.15 bits per heavy atom. The molecule has 0 spiro atoms. The number of halogens is 3. The maximum absolute atomic E-state index is 12.8. The number of rotatable bonds is 4. The minimum absolute atomic E-state index is 0.0626. The van der Waals surface area contributed by atoms with E-state index in [1.807, 2.05) is 24.3 Å². The second-order valence-corrected chi connectivity index (χ2v) is 6.22. The number of hydrogen-bond acceptors (Lipinski definition) is 4. The average molecular weight is 365 g/mol. The average Bonchev–Trinajstić information content (AvgIpc) is 2.94. The van der Waals surface area contributed by atoms with Crippen LogP contribution in [0.1, 0.15) is 23.6 Å². The number of anilines is 1. The van der Waals surface area contributed by atoms with E-state index in [0.717, 1.165) is 17.2 Å². The van der Waals surface area contributed by atoms with Crippen molar-refractivity contribution in [2.24, 2.45) is 0 Å². The Balaban J connectivity index is 2.03. The Bertz CT molecular complexity index is 808. The van der Waals surface area contributed by atoms with Crippen LogP contribution >= 0.6 is 0 Å². The number of nitrogens with two attached hydrogens (primary N) is 1. The molecule has 0 bridgehead atoms. The van der Waals surface area contributed by atoms with Crippen LogP contribution in [0.15, 0.2) is 42.5 Å². The minimum Gasteiger partial charge on any atom is -0.465 e. The maximum atomic E-state index is 12.8. The van der Waals surface area contributed by atoms with Crippen molar-refractivity contribution in [3.05, 3.63) is 59.2 Å². The Morgan fingerprint density at radius 2 is 1.77 bits per heavy atom. The van der Waals surface area contributed by atoms with E-state index in [4.69, 9.17) is 10.5 Å². The smallest absolute Gasteiger partial charge is 0.465 e. The zero-order valence-electron chi connectivity index (χ0n) is 14.1. The van der Waals surface area contributed by atoms with Crippen molar-refractivity contribution in [1.82, 2.24) is 0 Å². The number of esters is 1. The summed E-state index contributed by atoms with van der Waals surface area (Å²) in [4.78, 5) is 12.8. The number of nitrogen functional groups attached to an aromatic ring is 1. The van der Waals surface area contributed by atoms with Gasteiger partial charge in [0.1, 0.15) is 11.2 Å². The lowest BCUT2D eigenvalue weighted by Crippen LogP contribution is -2.39.